The van der Waals surface area contributed by atoms with Gasteiger partial charge in [0.1, 0.15) is 0 Å². The van der Waals surface area contributed by atoms with Gasteiger partial charge >= 0.3 is 0 Å². The molecule has 11 aromatic rings. The largest absolute Gasteiger partial charge is 0.309 e. The molecule has 0 saturated heterocycles. The van der Waals surface area contributed by atoms with Gasteiger partial charge in [0.25, 0.3) is 0 Å². The maximum absolute atomic E-state index is 5.82. The maximum Gasteiger partial charge on any atom is 0.0695 e. The van der Waals surface area contributed by atoms with Crippen LogP contribution in [-0.2, 0) is 0 Å². The molecule has 0 fully saturated rings. The van der Waals surface area contributed by atoms with E-state index in [2.05, 4.69) is 225 Å². The molecule has 0 aliphatic carbocycles. The molecular weight excluding hydrogens is 773 g/mol. The molecule has 306 valence electrons. The van der Waals surface area contributed by atoms with Gasteiger partial charge in [-0.3, -0.25) is 4.99 Å². The molecule has 2 unspecified atom stereocenters. The summed E-state index contributed by atoms with van der Waals surface area (Å²) in [5.74, 6) is 0.665. The number of rotatable bonds is 6. The fourth-order valence-corrected chi connectivity index (χ4v) is 11.1. The van der Waals surface area contributed by atoms with E-state index in [1.165, 1.54) is 110 Å². The Morgan fingerprint density at radius 1 is 0.484 bits per heavy atom. The average Bonchev–Trinajstić information content (AvgIpc) is 3.69. The molecule has 2 atom stereocenters. The normalized spacial score (nSPS) is 17.9. The van der Waals surface area contributed by atoms with Crippen LogP contribution in [0.4, 0.5) is 0 Å². The van der Waals surface area contributed by atoms with E-state index in [9.17, 15) is 0 Å². The number of benzene rings is 10. The zero-order valence-corrected chi connectivity index (χ0v) is 36.3. The standard InChI is InChI=1S/C62H48N2/c1-3-48-49(42-18-6-4-7-19-42)34-29-40(2)61(63-62(48)43-20-8-5-9-21-43)46-32-35-53-51-23-12-13-24-52(51)56-27-16-26-50(60(56)57(53)38-46)45-31-36-55-54-25-14-15-28-58(54)64(59(55)39-45)47-33-30-41-17-10-11-22-44(41)37-47/h4-28,30-33,35-39,48-49H,3,29,34H2,1-2H3/b61-40+,63-62-. The van der Waals surface area contributed by atoms with Gasteiger partial charge in [-0.25, -0.2) is 0 Å². The van der Waals surface area contributed by atoms with E-state index in [1.54, 1.807) is 0 Å². The summed E-state index contributed by atoms with van der Waals surface area (Å²) in [5.41, 5.74) is 13.4. The van der Waals surface area contributed by atoms with E-state index in [4.69, 9.17) is 4.99 Å². The molecule has 1 aromatic heterocycles. The smallest absolute Gasteiger partial charge is 0.0695 e. The molecular formula is C62H48N2. The van der Waals surface area contributed by atoms with E-state index in [0.29, 0.717) is 5.92 Å². The Labute approximate surface area is 374 Å². The number of aromatic nitrogens is 1. The maximum atomic E-state index is 5.82. The number of hydrogen-bond donors (Lipinski definition) is 0. The third-order valence-corrected chi connectivity index (χ3v) is 14.2. The zero-order valence-electron chi connectivity index (χ0n) is 36.3. The van der Waals surface area contributed by atoms with Gasteiger partial charge in [0.05, 0.1) is 22.4 Å². The van der Waals surface area contributed by atoms with Gasteiger partial charge < -0.3 is 4.57 Å². The van der Waals surface area contributed by atoms with Crippen molar-refractivity contribution < 1.29 is 0 Å². The van der Waals surface area contributed by atoms with Gasteiger partial charge in [-0.2, -0.15) is 0 Å². The van der Waals surface area contributed by atoms with Crippen molar-refractivity contribution in [2.24, 2.45) is 10.9 Å². The summed E-state index contributed by atoms with van der Waals surface area (Å²) in [6, 6.07) is 76.5. The zero-order chi connectivity index (χ0) is 42.7. The van der Waals surface area contributed by atoms with E-state index in [0.717, 1.165) is 25.0 Å². The molecule has 1 aliphatic heterocycles. The Kier molecular flexibility index (Phi) is 9.34. The third-order valence-electron chi connectivity index (χ3n) is 14.2. The van der Waals surface area contributed by atoms with Crippen LogP contribution in [0.2, 0.25) is 0 Å². The molecule has 1 aliphatic rings. The molecule has 0 spiro atoms. The van der Waals surface area contributed by atoms with Gasteiger partial charge in [-0.1, -0.05) is 183 Å². The second-order valence-electron chi connectivity index (χ2n) is 17.7. The molecule has 12 rings (SSSR count). The molecule has 0 N–H and O–H groups in total. The Morgan fingerprint density at radius 3 is 1.94 bits per heavy atom. The van der Waals surface area contributed by atoms with Crippen LogP contribution < -0.4 is 0 Å². The Hall–Kier alpha value is -7.55. The van der Waals surface area contributed by atoms with Crippen LogP contribution >= 0.6 is 0 Å². The minimum absolute atomic E-state index is 0.282. The number of nitrogens with zero attached hydrogens (tertiary/aromatic N) is 2. The number of fused-ring (bicyclic) bond motifs is 10. The second-order valence-corrected chi connectivity index (χ2v) is 17.7. The predicted molar refractivity (Wildman–Crippen MR) is 274 cm³/mol. The SMILES string of the molecule is CCC1/C(c2ccccc2)=N\C(c2ccc3c4ccccc4c4cccc(-c5ccc6c7ccccc7n(-c7ccc8ccccc8c7)c6c5)c4c3c2)=C(/C)CCC1c1ccccc1. The molecule has 2 nitrogen and oxygen atoms in total. The second kappa shape index (κ2) is 15.7. The van der Waals surface area contributed by atoms with Gasteiger partial charge in [0.15, 0.2) is 0 Å². The summed E-state index contributed by atoms with van der Waals surface area (Å²) in [6.45, 7) is 4.65. The summed E-state index contributed by atoms with van der Waals surface area (Å²) < 4.78 is 2.45. The summed E-state index contributed by atoms with van der Waals surface area (Å²) in [4.78, 5) is 5.82. The van der Waals surface area contributed by atoms with Crippen LogP contribution in [0, 0.1) is 5.92 Å². The van der Waals surface area contributed by atoms with Gasteiger partial charge in [-0.05, 0) is 133 Å². The molecule has 2 heterocycles. The van der Waals surface area contributed by atoms with Crippen molar-refractivity contribution in [1.82, 2.24) is 4.57 Å². The van der Waals surface area contributed by atoms with Crippen molar-refractivity contribution in [3.05, 3.63) is 229 Å². The lowest BCUT2D eigenvalue weighted by Gasteiger charge is -2.31. The van der Waals surface area contributed by atoms with Crippen LogP contribution in [0.5, 0.6) is 0 Å². The van der Waals surface area contributed by atoms with Crippen LogP contribution in [0.1, 0.15) is 55.7 Å². The molecule has 2 heteroatoms. The lowest BCUT2D eigenvalue weighted by Crippen LogP contribution is -2.25. The van der Waals surface area contributed by atoms with Crippen LogP contribution in [0.15, 0.2) is 217 Å². The number of aliphatic imine (C=N–C) groups is 1. The molecule has 64 heavy (non-hydrogen) atoms. The van der Waals surface area contributed by atoms with Gasteiger partial charge in [0, 0.05) is 27.9 Å². The highest BCUT2D eigenvalue weighted by atomic mass is 15.0. The van der Waals surface area contributed by atoms with Crippen molar-refractivity contribution in [1.29, 1.82) is 0 Å². The molecule has 0 saturated carbocycles. The number of allylic oxidation sites excluding steroid dienone is 1. The molecule has 0 bridgehead atoms. The highest BCUT2D eigenvalue weighted by Gasteiger charge is 2.30. The minimum atomic E-state index is 0.282. The number of hydrogen-bond acceptors (Lipinski definition) is 1. The van der Waals surface area contributed by atoms with E-state index in [1.807, 2.05) is 0 Å². The monoisotopic (exact) mass is 820 g/mol. The summed E-state index contributed by atoms with van der Waals surface area (Å²) >= 11 is 0. The minimum Gasteiger partial charge on any atom is -0.309 e. The summed E-state index contributed by atoms with van der Waals surface area (Å²) in [7, 11) is 0. The molecule has 0 amide bonds. The first kappa shape index (κ1) is 38.2. The van der Waals surface area contributed by atoms with Crippen molar-refractivity contribution in [3.8, 4) is 16.8 Å². The van der Waals surface area contributed by atoms with Crippen LogP contribution in [-0.4, -0.2) is 10.3 Å². The average molecular weight is 821 g/mol. The van der Waals surface area contributed by atoms with E-state index >= 15 is 0 Å². The van der Waals surface area contributed by atoms with Crippen LogP contribution in [0.3, 0.4) is 0 Å². The van der Waals surface area contributed by atoms with Gasteiger partial charge in [-0.15, -0.1) is 0 Å². The van der Waals surface area contributed by atoms with Crippen molar-refractivity contribution in [2.75, 3.05) is 0 Å². The third kappa shape index (κ3) is 6.27. The Morgan fingerprint density at radius 2 is 1.12 bits per heavy atom. The van der Waals surface area contributed by atoms with E-state index < -0.39 is 0 Å². The lowest BCUT2D eigenvalue weighted by atomic mass is 9.75. The predicted octanol–water partition coefficient (Wildman–Crippen LogP) is 16.9. The van der Waals surface area contributed by atoms with E-state index in [-0.39, 0.29) is 5.92 Å². The van der Waals surface area contributed by atoms with Gasteiger partial charge in [0.2, 0.25) is 0 Å². The highest BCUT2D eigenvalue weighted by Crippen LogP contribution is 2.45. The Bertz CT molecular complexity index is 3660. The first-order chi connectivity index (χ1) is 31.6. The first-order valence-electron chi connectivity index (χ1n) is 22.9. The highest BCUT2D eigenvalue weighted by molar-refractivity contribution is 6.29. The topological polar surface area (TPSA) is 17.3 Å². The Balaban J connectivity index is 1.09. The fourth-order valence-electron chi connectivity index (χ4n) is 11.1. The summed E-state index contributed by atoms with van der Waals surface area (Å²) in [5, 5.41) is 12.6. The van der Waals surface area contributed by atoms with Crippen molar-refractivity contribution >= 4 is 76.3 Å². The molecule has 0 radical (unpaired) electrons. The lowest BCUT2D eigenvalue weighted by molar-refractivity contribution is 0.486. The first-order valence-corrected chi connectivity index (χ1v) is 22.9. The van der Waals surface area contributed by atoms with Crippen molar-refractivity contribution in [3.63, 3.8) is 0 Å². The quantitative estimate of drug-likeness (QED) is 0.149. The number of para-hydroxylation sites is 1. The molecule has 10 aromatic carbocycles. The summed E-state index contributed by atoms with van der Waals surface area (Å²) in [6.07, 6.45) is 3.08. The fraction of sp³-hybridized carbons (Fsp3) is 0.113. The van der Waals surface area contributed by atoms with Crippen LogP contribution in [0.25, 0.3) is 87.4 Å². The van der Waals surface area contributed by atoms with Crippen molar-refractivity contribution in [2.45, 2.75) is 39.0 Å².